The minimum atomic E-state index is -4.00. The topological polar surface area (TPSA) is 83.6 Å². The van der Waals surface area contributed by atoms with E-state index in [1.54, 1.807) is 60.7 Å². The Morgan fingerprint density at radius 1 is 1.00 bits per heavy atom. The molecule has 0 fully saturated rings. The second-order valence-electron chi connectivity index (χ2n) is 7.00. The third-order valence-electron chi connectivity index (χ3n) is 4.63. The van der Waals surface area contributed by atoms with E-state index in [4.69, 9.17) is 11.6 Å². The van der Waals surface area contributed by atoms with E-state index in [1.807, 2.05) is 0 Å². The highest BCUT2D eigenvalue weighted by Gasteiger charge is 2.27. The number of anilines is 1. The van der Waals surface area contributed by atoms with Crippen LogP contribution in [0.25, 0.3) is 0 Å². The number of benzene rings is 3. The van der Waals surface area contributed by atoms with Crippen LogP contribution in [0.4, 0.5) is 5.69 Å². The van der Waals surface area contributed by atoms with Crippen molar-refractivity contribution in [1.82, 2.24) is 4.31 Å². The average molecular weight is 536 g/mol. The van der Waals surface area contributed by atoms with E-state index in [0.717, 1.165) is 8.78 Å². The molecule has 166 valence electrons. The zero-order valence-electron chi connectivity index (χ0n) is 17.1. The molecule has 3 aromatic carbocycles. The van der Waals surface area contributed by atoms with Gasteiger partial charge in [0.1, 0.15) is 0 Å². The molecule has 0 saturated carbocycles. The van der Waals surface area contributed by atoms with Crippen LogP contribution in [-0.4, -0.2) is 31.0 Å². The van der Waals surface area contributed by atoms with Crippen LogP contribution in [0.3, 0.4) is 0 Å². The van der Waals surface area contributed by atoms with Crippen LogP contribution >= 0.6 is 27.5 Å². The summed E-state index contributed by atoms with van der Waals surface area (Å²) in [4.78, 5) is 24.4. The van der Waals surface area contributed by atoms with E-state index in [-0.39, 0.29) is 17.2 Å². The lowest BCUT2D eigenvalue weighted by atomic mass is 10.1. The number of nitrogens with zero attached hydrogens (tertiary/aromatic N) is 1. The van der Waals surface area contributed by atoms with Gasteiger partial charge in [-0.25, -0.2) is 8.42 Å². The van der Waals surface area contributed by atoms with Crippen molar-refractivity contribution in [2.75, 3.05) is 11.9 Å². The number of amides is 1. The maximum Gasteiger partial charge on any atom is 0.243 e. The molecule has 0 spiro atoms. The Kier molecular flexibility index (Phi) is 7.84. The fraction of sp³-hybridized carbons (Fsp3) is 0.130. The number of Topliss-reactive ketones (excluding diaryl/α,β-unsaturated/α-hetero) is 1. The van der Waals surface area contributed by atoms with Crippen molar-refractivity contribution in [3.05, 3.63) is 93.4 Å². The molecule has 0 radical (unpaired) electrons. The predicted octanol–water partition coefficient (Wildman–Crippen LogP) is 5.13. The number of hydrogen-bond donors (Lipinski definition) is 1. The lowest BCUT2D eigenvalue weighted by Crippen LogP contribution is -2.37. The molecule has 6 nitrogen and oxygen atoms in total. The standard InChI is InChI=1S/C23H20BrClN2O4S/c1-16(28)17-6-4-7-20(13-17)26-23(29)15-27(14-18-5-2-3-8-22(18)25)32(30,31)21-11-9-19(24)10-12-21/h2-13H,14-15H2,1H3,(H,26,29). The van der Waals surface area contributed by atoms with Crippen LogP contribution in [-0.2, 0) is 21.4 Å². The van der Waals surface area contributed by atoms with Gasteiger partial charge in [-0.1, -0.05) is 57.9 Å². The summed E-state index contributed by atoms with van der Waals surface area (Å²) in [5, 5.41) is 3.06. The van der Waals surface area contributed by atoms with Gasteiger partial charge in [-0.15, -0.1) is 0 Å². The van der Waals surface area contributed by atoms with Gasteiger partial charge >= 0.3 is 0 Å². The zero-order valence-corrected chi connectivity index (χ0v) is 20.2. The molecule has 0 aliphatic carbocycles. The first-order valence-electron chi connectivity index (χ1n) is 9.57. The van der Waals surface area contributed by atoms with Crippen LogP contribution in [0.5, 0.6) is 0 Å². The highest BCUT2D eigenvalue weighted by atomic mass is 79.9. The Labute approximate surface area is 200 Å². The van der Waals surface area contributed by atoms with Crippen molar-refractivity contribution in [1.29, 1.82) is 0 Å². The van der Waals surface area contributed by atoms with E-state index in [2.05, 4.69) is 21.2 Å². The summed E-state index contributed by atoms with van der Waals surface area (Å²) in [5.74, 6) is -0.683. The Balaban J connectivity index is 1.89. The van der Waals surface area contributed by atoms with Crippen LogP contribution in [0, 0.1) is 0 Å². The normalized spacial score (nSPS) is 11.4. The smallest absolute Gasteiger partial charge is 0.243 e. The van der Waals surface area contributed by atoms with E-state index in [0.29, 0.717) is 21.8 Å². The van der Waals surface area contributed by atoms with Crippen molar-refractivity contribution >= 4 is 54.9 Å². The molecule has 0 unspecified atom stereocenters. The Morgan fingerprint density at radius 3 is 2.34 bits per heavy atom. The molecule has 0 atom stereocenters. The number of halogens is 2. The van der Waals surface area contributed by atoms with E-state index >= 15 is 0 Å². The first-order chi connectivity index (χ1) is 15.2. The van der Waals surface area contributed by atoms with Gasteiger partial charge in [-0.05, 0) is 55.0 Å². The van der Waals surface area contributed by atoms with Gasteiger partial charge in [0.05, 0.1) is 11.4 Å². The van der Waals surface area contributed by atoms with E-state index < -0.39 is 22.5 Å². The number of rotatable bonds is 8. The van der Waals surface area contributed by atoms with E-state index in [1.165, 1.54) is 19.1 Å². The average Bonchev–Trinajstić information content (AvgIpc) is 2.75. The first kappa shape index (κ1) is 24.1. The summed E-state index contributed by atoms with van der Waals surface area (Å²) >= 11 is 9.53. The van der Waals surface area contributed by atoms with E-state index in [9.17, 15) is 18.0 Å². The van der Waals surface area contributed by atoms with Crippen molar-refractivity contribution in [3.8, 4) is 0 Å². The van der Waals surface area contributed by atoms with Crippen LogP contribution < -0.4 is 5.32 Å². The molecule has 9 heteroatoms. The summed E-state index contributed by atoms with van der Waals surface area (Å²) in [6, 6.07) is 19.5. The number of ketones is 1. The Morgan fingerprint density at radius 2 is 1.69 bits per heavy atom. The summed E-state index contributed by atoms with van der Waals surface area (Å²) in [5.41, 5.74) is 1.42. The number of nitrogens with one attached hydrogen (secondary N) is 1. The molecule has 0 aliphatic rings. The summed E-state index contributed by atoms with van der Waals surface area (Å²) in [6.45, 7) is 0.907. The maximum atomic E-state index is 13.3. The van der Waals surface area contributed by atoms with Gasteiger partial charge in [-0.3, -0.25) is 9.59 Å². The number of hydrogen-bond acceptors (Lipinski definition) is 4. The summed E-state index contributed by atoms with van der Waals surface area (Å²) in [6.07, 6.45) is 0. The zero-order chi connectivity index (χ0) is 23.3. The second kappa shape index (κ2) is 10.4. The van der Waals surface area contributed by atoms with Crippen molar-refractivity contribution in [3.63, 3.8) is 0 Å². The third kappa shape index (κ3) is 6.04. The molecule has 0 aromatic heterocycles. The Bertz CT molecular complexity index is 1250. The van der Waals surface area contributed by atoms with Gasteiger partial charge in [-0.2, -0.15) is 4.31 Å². The largest absolute Gasteiger partial charge is 0.325 e. The number of carbonyl (C=O) groups is 2. The SMILES string of the molecule is CC(=O)c1cccc(NC(=O)CN(Cc2ccccc2Cl)S(=O)(=O)c2ccc(Br)cc2)c1. The molecule has 1 N–H and O–H groups in total. The highest BCUT2D eigenvalue weighted by Crippen LogP contribution is 2.24. The molecule has 1 amide bonds. The molecule has 0 heterocycles. The fourth-order valence-corrected chi connectivity index (χ4v) is 4.81. The molecule has 3 rings (SSSR count). The summed E-state index contributed by atoms with van der Waals surface area (Å²) < 4.78 is 28.5. The lowest BCUT2D eigenvalue weighted by Gasteiger charge is -2.22. The first-order valence-corrected chi connectivity index (χ1v) is 12.2. The molecular weight excluding hydrogens is 516 g/mol. The Hall–Kier alpha value is -2.52. The van der Waals surface area contributed by atoms with Crippen molar-refractivity contribution in [2.24, 2.45) is 0 Å². The lowest BCUT2D eigenvalue weighted by molar-refractivity contribution is -0.116. The third-order valence-corrected chi connectivity index (χ3v) is 7.33. The van der Waals surface area contributed by atoms with Gasteiger partial charge in [0.2, 0.25) is 15.9 Å². The van der Waals surface area contributed by atoms with Gasteiger partial charge in [0.15, 0.2) is 5.78 Å². The van der Waals surface area contributed by atoms with Crippen LogP contribution in [0.15, 0.2) is 82.2 Å². The minimum Gasteiger partial charge on any atom is -0.325 e. The predicted molar refractivity (Wildman–Crippen MR) is 128 cm³/mol. The van der Waals surface area contributed by atoms with Crippen molar-refractivity contribution in [2.45, 2.75) is 18.4 Å². The van der Waals surface area contributed by atoms with Gasteiger partial charge in [0, 0.05) is 27.3 Å². The molecule has 0 bridgehead atoms. The fourth-order valence-electron chi connectivity index (χ4n) is 2.97. The highest BCUT2D eigenvalue weighted by molar-refractivity contribution is 9.10. The molecular formula is C23H20BrClN2O4S. The molecule has 0 saturated heterocycles. The molecule has 3 aromatic rings. The summed E-state index contributed by atoms with van der Waals surface area (Å²) in [7, 11) is -4.00. The van der Waals surface area contributed by atoms with Gasteiger partial charge in [0.25, 0.3) is 0 Å². The number of sulfonamides is 1. The molecule has 32 heavy (non-hydrogen) atoms. The monoisotopic (exact) mass is 534 g/mol. The quantitative estimate of drug-likeness (QED) is 0.405. The number of carbonyl (C=O) groups excluding carboxylic acids is 2. The molecule has 0 aliphatic heterocycles. The van der Waals surface area contributed by atoms with Gasteiger partial charge < -0.3 is 5.32 Å². The van der Waals surface area contributed by atoms with Crippen molar-refractivity contribution < 1.29 is 18.0 Å². The minimum absolute atomic E-state index is 0.0548. The van der Waals surface area contributed by atoms with Crippen LogP contribution in [0.2, 0.25) is 5.02 Å². The maximum absolute atomic E-state index is 13.3. The van der Waals surface area contributed by atoms with Crippen LogP contribution in [0.1, 0.15) is 22.8 Å². The second-order valence-corrected chi connectivity index (χ2v) is 10.3.